The quantitative estimate of drug-likeness (QED) is 0.815. The molecule has 0 aromatic carbocycles. The predicted octanol–water partition coefficient (Wildman–Crippen LogP) is 2.82. The summed E-state index contributed by atoms with van der Waals surface area (Å²) >= 11 is 1.73. The van der Waals surface area contributed by atoms with Crippen LogP contribution in [0.15, 0.2) is 5.38 Å². The van der Waals surface area contributed by atoms with Gasteiger partial charge in [0, 0.05) is 11.1 Å². The Labute approximate surface area is 89.5 Å². The first-order valence-corrected chi connectivity index (χ1v) is 6.26. The Bertz CT molecular complexity index is 321. The second-order valence-corrected chi connectivity index (χ2v) is 5.19. The number of aryl methyl sites for hydroxylation is 1. The van der Waals surface area contributed by atoms with E-state index in [1.807, 2.05) is 6.92 Å². The third kappa shape index (κ3) is 1.48. The molecule has 0 spiro atoms. The summed E-state index contributed by atoms with van der Waals surface area (Å²) in [6.07, 6.45) is 4.81. The highest BCUT2D eigenvalue weighted by molar-refractivity contribution is 7.09. The van der Waals surface area contributed by atoms with Crippen molar-refractivity contribution in [1.82, 2.24) is 4.98 Å². The molecule has 2 nitrogen and oxygen atoms in total. The molecule has 0 saturated heterocycles. The van der Waals surface area contributed by atoms with Crippen LogP contribution >= 0.6 is 11.3 Å². The Balaban J connectivity index is 2.31. The third-order valence-electron chi connectivity index (χ3n) is 3.38. The fourth-order valence-corrected chi connectivity index (χ4v) is 3.54. The van der Waals surface area contributed by atoms with E-state index in [1.54, 1.807) is 11.3 Å². The lowest BCUT2D eigenvalue weighted by Crippen LogP contribution is -2.40. The van der Waals surface area contributed by atoms with E-state index >= 15 is 0 Å². The van der Waals surface area contributed by atoms with Crippen LogP contribution in [0.3, 0.4) is 0 Å². The number of hydrogen-bond acceptors (Lipinski definition) is 3. The zero-order valence-corrected chi connectivity index (χ0v) is 9.73. The minimum atomic E-state index is -0.117. The van der Waals surface area contributed by atoms with Crippen LogP contribution in [0.2, 0.25) is 0 Å². The highest BCUT2D eigenvalue weighted by Gasteiger charge is 2.41. The Morgan fingerprint density at radius 2 is 2.50 bits per heavy atom. The summed E-state index contributed by atoms with van der Waals surface area (Å²) in [6, 6.07) is 0. The average molecular weight is 210 g/mol. The van der Waals surface area contributed by atoms with Crippen LogP contribution in [-0.2, 0) is 5.54 Å². The summed E-state index contributed by atoms with van der Waals surface area (Å²) < 4.78 is 0. The lowest BCUT2D eigenvalue weighted by Gasteiger charge is -2.28. The molecule has 1 aliphatic carbocycles. The van der Waals surface area contributed by atoms with Crippen LogP contribution in [0.1, 0.15) is 43.3 Å². The minimum absolute atomic E-state index is 0.117. The van der Waals surface area contributed by atoms with Gasteiger partial charge in [0.1, 0.15) is 5.01 Å². The maximum atomic E-state index is 6.50. The number of thiazole rings is 1. The van der Waals surface area contributed by atoms with E-state index in [9.17, 15) is 0 Å². The van der Waals surface area contributed by atoms with Gasteiger partial charge in [-0.05, 0) is 25.7 Å². The standard InChI is InChI=1S/C11H18N2S/c1-3-9-5-4-6-11(9,12)10-13-8(2)7-14-10/h7,9H,3-6,12H2,1-2H3. The van der Waals surface area contributed by atoms with Gasteiger partial charge in [0.2, 0.25) is 0 Å². The summed E-state index contributed by atoms with van der Waals surface area (Å²) in [5, 5.41) is 3.26. The van der Waals surface area contributed by atoms with Crippen molar-refractivity contribution in [2.75, 3.05) is 0 Å². The van der Waals surface area contributed by atoms with Crippen molar-refractivity contribution in [1.29, 1.82) is 0 Å². The van der Waals surface area contributed by atoms with E-state index in [0.717, 1.165) is 17.1 Å². The molecule has 1 heterocycles. The van der Waals surface area contributed by atoms with Gasteiger partial charge in [0.15, 0.2) is 0 Å². The summed E-state index contributed by atoms with van der Waals surface area (Å²) in [5.41, 5.74) is 7.49. The van der Waals surface area contributed by atoms with Crippen LogP contribution < -0.4 is 5.73 Å². The van der Waals surface area contributed by atoms with Gasteiger partial charge in [-0.2, -0.15) is 0 Å². The number of aromatic nitrogens is 1. The monoisotopic (exact) mass is 210 g/mol. The van der Waals surface area contributed by atoms with Crippen molar-refractivity contribution in [3.05, 3.63) is 16.1 Å². The van der Waals surface area contributed by atoms with E-state index < -0.39 is 0 Å². The number of nitrogens with two attached hydrogens (primary N) is 1. The van der Waals surface area contributed by atoms with Crippen molar-refractivity contribution < 1.29 is 0 Å². The summed E-state index contributed by atoms with van der Waals surface area (Å²) in [7, 11) is 0. The summed E-state index contributed by atoms with van der Waals surface area (Å²) in [4.78, 5) is 4.56. The molecule has 2 N–H and O–H groups in total. The van der Waals surface area contributed by atoms with Crippen LogP contribution in [0.25, 0.3) is 0 Å². The summed E-state index contributed by atoms with van der Waals surface area (Å²) in [5.74, 6) is 0.632. The fraction of sp³-hybridized carbons (Fsp3) is 0.727. The average Bonchev–Trinajstić information content (AvgIpc) is 2.72. The summed E-state index contributed by atoms with van der Waals surface area (Å²) in [6.45, 7) is 4.28. The molecule has 2 rings (SSSR count). The highest BCUT2D eigenvalue weighted by atomic mass is 32.1. The van der Waals surface area contributed by atoms with Crippen LogP contribution in [0, 0.1) is 12.8 Å². The number of rotatable bonds is 2. The minimum Gasteiger partial charge on any atom is -0.319 e. The molecule has 0 aliphatic heterocycles. The number of nitrogens with zero attached hydrogens (tertiary/aromatic N) is 1. The molecule has 3 heteroatoms. The third-order valence-corrected chi connectivity index (χ3v) is 4.54. The smallest absolute Gasteiger partial charge is 0.113 e. The molecule has 2 atom stereocenters. The van der Waals surface area contributed by atoms with E-state index in [-0.39, 0.29) is 5.54 Å². The lowest BCUT2D eigenvalue weighted by atomic mass is 9.87. The normalized spacial score (nSPS) is 32.4. The maximum Gasteiger partial charge on any atom is 0.113 e. The van der Waals surface area contributed by atoms with Gasteiger partial charge in [0.25, 0.3) is 0 Å². The molecule has 0 amide bonds. The Morgan fingerprint density at radius 1 is 1.71 bits per heavy atom. The van der Waals surface area contributed by atoms with Crippen LogP contribution in [0.5, 0.6) is 0 Å². The zero-order chi connectivity index (χ0) is 10.2. The lowest BCUT2D eigenvalue weighted by molar-refractivity contribution is 0.314. The fourth-order valence-electron chi connectivity index (χ4n) is 2.52. The van der Waals surface area contributed by atoms with Crippen molar-refractivity contribution >= 4 is 11.3 Å². The molecule has 1 aliphatic rings. The van der Waals surface area contributed by atoms with Crippen molar-refractivity contribution in [2.24, 2.45) is 11.7 Å². The first kappa shape index (κ1) is 10.1. The molecule has 1 fully saturated rings. The van der Waals surface area contributed by atoms with Gasteiger partial charge in [-0.3, -0.25) is 0 Å². The zero-order valence-electron chi connectivity index (χ0n) is 8.92. The van der Waals surface area contributed by atoms with Crippen LogP contribution in [0.4, 0.5) is 0 Å². The van der Waals surface area contributed by atoms with Gasteiger partial charge in [-0.25, -0.2) is 4.98 Å². The van der Waals surface area contributed by atoms with Gasteiger partial charge in [0.05, 0.1) is 5.54 Å². The van der Waals surface area contributed by atoms with Gasteiger partial charge >= 0.3 is 0 Å². The number of hydrogen-bond donors (Lipinski definition) is 1. The molecular weight excluding hydrogens is 192 g/mol. The molecule has 1 aromatic rings. The van der Waals surface area contributed by atoms with E-state index in [0.29, 0.717) is 5.92 Å². The van der Waals surface area contributed by atoms with Gasteiger partial charge < -0.3 is 5.73 Å². The van der Waals surface area contributed by atoms with Crippen LogP contribution in [-0.4, -0.2) is 4.98 Å². The second kappa shape index (κ2) is 3.63. The Morgan fingerprint density at radius 3 is 3.07 bits per heavy atom. The molecule has 2 unspecified atom stereocenters. The Hall–Kier alpha value is -0.410. The molecular formula is C11H18N2S. The maximum absolute atomic E-state index is 6.50. The first-order valence-electron chi connectivity index (χ1n) is 5.38. The van der Waals surface area contributed by atoms with E-state index in [2.05, 4.69) is 17.3 Å². The van der Waals surface area contributed by atoms with Crippen molar-refractivity contribution in [3.63, 3.8) is 0 Å². The van der Waals surface area contributed by atoms with Gasteiger partial charge in [-0.15, -0.1) is 11.3 Å². The molecule has 78 valence electrons. The second-order valence-electron chi connectivity index (χ2n) is 4.33. The topological polar surface area (TPSA) is 38.9 Å². The first-order chi connectivity index (χ1) is 6.66. The van der Waals surface area contributed by atoms with E-state index in [1.165, 1.54) is 19.3 Å². The molecule has 1 saturated carbocycles. The highest BCUT2D eigenvalue weighted by Crippen LogP contribution is 2.43. The molecule has 1 aromatic heterocycles. The van der Waals surface area contributed by atoms with Crippen molar-refractivity contribution in [3.8, 4) is 0 Å². The Kier molecular flexibility index (Phi) is 2.62. The largest absolute Gasteiger partial charge is 0.319 e. The van der Waals surface area contributed by atoms with E-state index in [4.69, 9.17) is 5.73 Å². The predicted molar refractivity (Wildman–Crippen MR) is 60.3 cm³/mol. The SMILES string of the molecule is CCC1CCCC1(N)c1nc(C)cs1. The molecule has 0 radical (unpaired) electrons. The van der Waals surface area contributed by atoms with Gasteiger partial charge in [-0.1, -0.05) is 19.8 Å². The molecule has 14 heavy (non-hydrogen) atoms. The molecule has 0 bridgehead atoms. The van der Waals surface area contributed by atoms with Crippen molar-refractivity contribution in [2.45, 2.75) is 45.1 Å².